The third kappa shape index (κ3) is 4.47. The molecule has 3 rings (SSSR count). The molecule has 0 bridgehead atoms. The van der Waals surface area contributed by atoms with Crippen LogP contribution in [0.3, 0.4) is 0 Å². The standard InChI is InChI=1S/C21H22N2O4/c1-13(2)21(25)23-16-6-4-15(5-7-16)22-20(24)10-14-12-27-19-11-17(26-3)8-9-18(14)19/h4-9,11-13H,10H2,1-3H3,(H,22,24)(H,23,25). The molecule has 0 unspecified atom stereocenters. The van der Waals surface area contributed by atoms with E-state index >= 15 is 0 Å². The number of ether oxygens (including phenoxy) is 1. The summed E-state index contributed by atoms with van der Waals surface area (Å²) in [5, 5.41) is 6.55. The molecule has 0 fully saturated rings. The zero-order valence-corrected chi connectivity index (χ0v) is 15.5. The van der Waals surface area contributed by atoms with Crippen molar-refractivity contribution in [3.05, 3.63) is 54.3 Å². The van der Waals surface area contributed by atoms with Gasteiger partial charge in [0, 0.05) is 34.3 Å². The Bertz CT molecular complexity index is 958. The summed E-state index contributed by atoms with van der Waals surface area (Å²) in [6, 6.07) is 12.5. The fourth-order valence-corrected chi connectivity index (χ4v) is 2.63. The minimum Gasteiger partial charge on any atom is -0.497 e. The quantitative estimate of drug-likeness (QED) is 0.684. The van der Waals surface area contributed by atoms with Gasteiger partial charge in [0.1, 0.15) is 11.3 Å². The highest BCUT2D eigenvalue weighted by atomic mass is 16.5. The van der Waals surface area contributed by atoms with E-state index in [1.54, 1.807) is 43.7 Å². The lowest BCUT2D eigenvalue weighted by Gasteiger charge is -2.09. The molecule has 0 radical (unpaired) electrons. The summed E-state index contributed by atoms with van der Waals surface area (Å²) in [5.41, 5.74) is 2.85. The van der Waals surface area contributed by atoms with Gasteiger partial charge in [0.25, 0.3) is 0 Å². The molecule has 0 saturated heterocycles. The zero-order chi connectivity index (χ0) is 19.4. The Morgan fingerprint density at radius 2 is 1.70 bits per heavy atom. The predicted molar refractivity (Wildman–Crippen MR) is 105 cm³/mol. The van der Waals surface area contributed by atoms with Crippen molar-refractivity contribution < 1.29 is 18.7 Å². The van der Waals surface area contributed by atoms with Crippen LogP contribution in [0.2, 0.25) is 0 Å². The van der Waals surface area contributed by atoms with Gasteiger partial charge in [-0.25, -0.2) is 0 Å². The highest BCUT2D eigenvalue weighted by Crippen LogP contribution is 2.26. The molecular formula is C21H22N2O4. The van der Waals surface area contributed by atoms with Crippen LogP contribution < -0.4 is 15.4 Å². The van der Waals surface area contributed by atoms with Crippen LogP contribution in [-0.4, -0.2) is 18.9 Å². The van der Waals surface area contributed by atoms with Crippen LogP contribution in [0.15, 0.2) is 53.1 Å². The van der Waals surface area contributed by atoms with Gasteiger partial charge in [-0.05, 0) is 36.4 Å². The largest absolute Gasteiger partial charge is 0.497 e. The number of methoxy groups -OCH3 is 1. The molecule has 0 atom stereocenters. The number of anilines is 2. The fourth-order valence-electron chi connectivity index (χ4n) is 2.63. The normalized spacial score (nSPS) is 10.8. The van der Waals surface area contributed by atoms with Crippen molar-refractivity contribution in [1.82, 2.24) is 0 Å². The second kappa shape index (κ2) is 7.95. The summed E-state index contributed by atoms with van der Waals surface area (Å²) in [7, 11) is 1.60. The second-order valence-electron chi connectivity index (χ2n) is 6.57. The van der Waals surface area contributed by atoms with E-state index in [9.17, 15) is 9.59 Å². The lowest BCUT2D eigenvalue weighted by molar-refractivity contribution is -0.119. The number of fused-ring (bicyclic) bond motifs is 1. The lowest BCUT2D eigenvalue weighted by atomic mass is 10.1. The molecule has 3 aromatic rings. The lowest BCUT2D eigenvalue weighted by Crippen LogP contribution is -2.18. The molecule has 0 saturated carbocycles. The van der Waals surface area contributed by atoms with Gasteiger partial charge in [0.05, 0.1) is 19.8 Å². The van der Waals surface area contributed by atoms with E-state index < -0.39 is 0 Å². The Labute approximate surface area is 157 Å². The summed E-state index contributed by atoms with van der Waals surface area (Å²) in [5.74, 6) is 0.425. The van der Waals surface area contributed by atoms with Crippen molar-refractivity contribution in [2.75, 3.05) is 17.7 Å². The van der Waals surface area contributed by atoms with Crippen LogP contribution in [0.1, 0.15) is 19.4 Å². The number of amides is 2. The van der Waals surface area contributed by atoms with Crippen molar-refractivity contribution >= 4 is 34.2 Å². The molecule has 6 heteroatoms. The number of carbonyl (C=O) groups excluding carboxylic acids is 2. The minimum atomic E-state index is -0.146. The van der Waals surface area contributed by atoms with Crippen LogP contribution in [0.5, 0.6) is 5.75 Å². The van der Waals surface area contributed by atoms with Gasteiger partial charge in [0.15, 0.2) is 0 Å². The van der Waals surface area contributed by atoms with Gasteiger partial charge >= 0.3 is 0 Å². The first-order chi connectivity index (χ1) is 13.0. The first-order valence-corrected chi connectivity index (χ1v) is 8.71. The zero-order valence-electron chi connectivity index (χ0n) is 15.5. The number of benzene rings is 2. The first kappa shape index (κ1) is 18.5. The molecule has 0 aliphatic heterocycles. The molecule has 0 aliphatic rings. The maximum absolute atomic E-state index is 12.4. The molecule has 1 aromatic heterocycles. The van der Waals surface area contributed by atoms with E-state index in [1.165, 1.54) is 0 Å². The van der Waals surface area contributed by atoms with Crippen molar-refractivity contribution in [2.45, 2.75) is 20.3 Å². The van der Waals surface area contributed by atoms with Crippen molar-refractivity contribution in [3.63, 3.8) is 0 Å². The minimum absolute atomic E-state index is 0.0461. The van der Waals surface area contributed by atoms with Gasteiger partial charge in [-0.2, -0.15) is 0 Å². The molecule has 2 N–H and O–H groups in total. The molecule has 140 valence electrons. The number of hydrogen-bond acceptors (Lipinski definition) is 4. The summed E-state index contributed by atoms with van der Waals surface area (Å²) < 4.78 is 10.7. The SMILES string of the molecule is COc1ccc2c(CC(=O)Nc3ccc(NC(=O)C(C)C)cc3)coc2c1. The molecule has 2 amide bonds. The van der Waals surface area contributed by atoms with Crippen molar-refractivity contribution in [3.8, 4) is 5.75 Å². The maximum Gasteiger partial charge on any atom is 0.228 e. The van der Waals surface area contributed by atoms with Gasteiger partial charge in [-0.1, -0.05) is 13.8 Å². The first-order valence-electron chi connectivity index (χ1n) is 8.71. The maximum atomic E-state index is 12.4. The highest BCUT2D eigenvalue weighted by Gasteiger charge is 2.12. The topological polar surface area (TPSA) is 80.6 Å². The van der Waals surface area contributed by atoms with Gasteiger partial charge in [0.2, 0.25) is 11.8 Å². The molecule has 0 spiro atoms. The Hall–Kier alpha value is -3.28. The van der Waals surface area contributed by atoms with Crippen LogP contribution in [0.4, 0.5) is 11.4 Å². The predicted octanol–water partition coefficient (Wildman–Crippen LogP) is 4.22. The van der Waals surface area contributed by atoms with E-state index in [-0.39, 0.29) is 24.2 Å². The van der Waals surface area contributed by atoms with E-state index in [4.69, 9.17) is 9.15 Å². The van der Waals surface area contributed by atoms with E-state index in [1.807, 2.05) is 26.0 Å². The van der Waals surface area contributed by atoms with E-state index in [2.05, 4.69) is 10.6 Å². The van der Waals surface area contributed by atoms with Gasteiger partial charge in [-0.3, -0.25) is 9.59 Å². The van der Waals surface area contributed by atoms with E-state index in [0.29, 0.717) is 22.7 Å². The van der Waals surface area contributed by atoms with Crippen LogP contribution in [0.25, 0.3) is 11.0 Å². The average Bonchev–Trinajstić information content (AvgIpc) is 3.05. The van der Waals surface area contributed by atoms with Crippen LogP contribution in [-0.2, 0) is 16.0 Å². The second-order valence-corrected chi connectivity index (χ2v) is 6.57. The summed E-state index contributed by atoms with van der Waals surface area (Å²) in [6.07, 6.45) is 1.79. The summed E-state index contributed by atoms with van der Waals surface area (Å²) >= 11 is 0. The molecule has 27 heavy (non-hydrogen) atoms. The molecule has 0 aliphatic carbocycles. The Kier molecular flexibility index (Phi) is 5.45. The average molecular weight is 366 g/mol. The Morgan fingerprint density at radius 1 is 1.04 bits per heavy atom. The van der Waals surface area contributed by atoms with Crippen molar-refractivity contribution in [1.29, 1.82) is 0 Å². The molecule has 2 aromatic carbocycles. The number of hydrogen-bond donors (Lipinski definition) is 2. The van der Waals surface area contributed by atoms with Gasteiger partial charge < -0.3 is 19.8 Å². The van der Waals surface area contributed by atoms with Crippen LogP contribution >= 0.6 is 0 Å². The third-order valence-corrected chi connectivity index (χ3v) is 4.17. The van der Waals surface area contributed by atoms with Gasteiger partial charge in [-0.15, -0.1) is 0 Å². The summed E-state index contributed by atoms with van der Waals surface area (Å²) in [4.78, 5) is 24.1. The van der Waals surface area contributed by atoms with Crippen LogP contribution in [0, 0.1) is 5.92 Å². The number of rotatable bonds is 6. The number of nitrogens with one attached hydrogen (secondary N) is 2. The highest BCUT2D eigenvalue weighted by molar-refractivity contribution is 5.96. The third-order valence-electron chi connectivity index (χ3n) is 4.17. The Balaban J connectivity index is 1.63. The van der Waals surface area contributed by atoms with E-state index in [0.717, 1.165) is 10.9 Å². The number of carbonyl (C=O) groups is 2. The van der Waals surface area contributed by atoms with Crippen molar-refractivity contribution in [2.24, 2.45) is 5.92 Å². The monoisotopic (exact) mass is 366 g/mol. The molecular weight excluding hydrogens is 344 g/mol. The Morgan fingerprint density at radius 3 is 2.33 bits per heavy atom. The molecule has 1 heterocycles. The number of furan rings is 1. The fraction of sp³-hybridized carbons (Fsp3) is 0.238. The smallest absolute Gasteiger partial charge is 0.228 e. The molecule has 6 nitrogen and oxygen atoms in total. The summed E-state index contributed by atoms with van der Waals surface area (Å²) in [6.45, 7) is 3.67.